The average Bonchev–Trinajstić information content (AvgIpc) is 3.21. The molecule has 0 spiro atoms. The Balaban J connectivity index is 1.57. The lowest BCUT2D eigenvalue weighted by Gasteiger charge is -2.17. The molecule has 0 saturated heterocycles. The summed E-state index contributed by atoms with van der Waals surface area (Å²) < 4.78 is 0. The number of aryl methyl sites for hydroxylation is 1. The summed E-state index contributed by atoms with van der Waals surface area (Å²) in [4.78, 5) is 25.2. The Labute approximate surface area is 172 Å². The summed E-state index contributed by atoms with van der Waals surface area (Å²) in [5, 5.41) is 11.3. The maximum atomic E-state index is 12.5. The molecular weight excluding hydrogens is 394 g/mol. The van der Waals surface area contributed by atoms with E-state index in [1.54, 1.807) is 37.3 Å². The van der Waals surface area contributed by atoms with E-state index in [9.17, 15) is 9.59 Å². The summed E-state index contributed by atoms with van der Waals surface area (Å²) in [6, 6.07) is 15.8. The third-order valence-corrected chi connectivity index (χ3v) is 5.23. The zero-order chi connectivity index (χ0) is 20.1. The van der Waals surface area contributed by atoms with Gasteiger partial charge in [0.05, 0.1) is 4.88 Å². The van der Waals surface area contributed by atoms with E-state index in [-0.39, 0.29) is 11.8 Å². The van der Waals surface area contributed by atoms with Crippen LogP contribution in [0.15, 0.2) is 60.0 Å². The highest BCUT2D eigenvalue weighted by atomic mass is 35.5. The van der Waals surface area contributed by atoms with Gasteiger partial charge in [-0.2, -0.15) is 0 Å². The van der Waals surface area contributed by atoms with Crippen molar-refractivity contribution in [3.63, 3.8) is 0 Å². The largest absolute Gasteiger partial charge is 0.374 e. The summed E-state index contributed by atoms with van der Waals surface area (Å²) in [6.07, 6.45) is 0. The van der Waals surface area contributed by atoms with Gasteiger partial charge in [-0.1, -0.05) is 23.7 Å². The Morgan fingerprint density at radius 2 is 1.71 bits per heavy atom. The topological polar surface area (TPSA) is 70.2 Å². The molecule has 3 N–H and O–H groups in total. The normalized spacial score (nSPS) is 11.5. The zero-order valence-corrected chi connectivity index (χ0v) is 17.0. The summed E-state index contributed by atoms with van der Waals surface area (Å²) in [5.41, 5.74) is 3.10. The van der Waals surface area contributed by atoms with Crippen LogP contribution in [-0.4, -0.2) is 17.9 Å². The second-order valence-corrected chi connectivity index (χ2v) is 7.71. The van der Waals surface area contributed by atoms with Crippen molar-refractivity contribution in [1.82, 2.24) is 0 Å². The van der Waals surface area contributed by atoms with E-state index in [0.29, 0.717) is 21.3 Å². The fourth-order valence-corrected chi connectivity index (χ4v) is 3.33. The van der Waals surface area contributed by atoms with Crippen LogP contribution in [0.2, 0.25) is 5.02 Å². The molecule has 2 amide bonds. The number of carbonyl (C=O) groups excluding carboxylic acids is 2. The fraction of sp³-hybridized carbons (Fsp3) is 0.143. The first-order valence-corrected chi connectivity index (χ1v) is 9.96. The van der Waals surface area contributed by atoms with E-state index in [2.05, 4.69) is 16.0 Å². The number of amides is 2. The quantitative estimate of drug-likeness (QED) is 0.506. The number of anilines is 3. The molecule has 1 atom stereocenters. The summed E-state index contributed by atoms with van der Waals surface area (Å²) >= 11 is 7.39. The standard InChI is InChI=1S/C21H20ClN3O2S/c1-13-5-6-15(22)12-18(13)25-20(26)14(2)23-16-7-9-17(10-8-16)24-21(27)19-4-3-11-28-19/h3-12,14,23H,1-2H3,(H,24,27)(H,25,26). The Hall–Kier alpha value is -2.83. The van der Waals surface area contributed by atoms with Crippen LogP contribution in [0.5, 0.6) is 0 Å². The van der Waals surface area contributed by atoms with Crippen LogP contribution in [0.25, 0.3) is 0 Å². The first-order chi connectivity index (χ1) is 13.4. The maximum Gasteiger partial charge on any atom is 0.265 e. The molecule has 3 rings (SSSR count). The van der Waals surface area contributed by atoms with Gasteiger partial charge < -0.3 is 16.0 Å². The number of nitrogens with one attached hydrogen (secondary N) is 3. The number of carbonyl (C=O) groups is 2. The predicted molar refractivity (Wildman–Crippen MR) is 117 cm³/mol. The van der Waals surface area contributed by atoms with Crippen molar-refractivity contribution < 1.29 is 9.59 Å². The highest BCUT2D eigenvalue weighted by Gasteiger charge is 2.14. The third kappa shape index (κ3) is 5.12. The second-order valence-electron chi connectivity index (χ2n) is 6.32. The molecule has 0 aliphatic heterocycles. The van der Waals surface area contributed by atoms with E-state index >= 15 is 0 Å². The molecule has 1 unspecified atom stereocenters. The summed E-state index contributed by atoms with van der Waals surface area (Å²) in [5.74, 6) is -0.305. The number of hydrogen-bond acceptors (Lipinski definition) is 4. The lowest BCUT2D eigenvalue weighted by molar-refractivity contribution is -0.116. The van der Waals surface area contributed by atoms with Crippen LogP contribution in [0, 0.1) is 6.92 Å². The molecule has 7 heteroatoms. The van der Waals surface area contributed by atoms with E-state index in [1.807, 2.05) is 36.6 Å². The van der Waals surface area contributed by atoms with Gasteiger partial charge in [0, 0.05) is 22.1 Å². The molecule has 28 heavy (non-hydrogen) atoms. The van der Waals surface area contributed by atoms with E-state index in [0.717, 1.165) is 11.3 Å². The van der Waals surface area contributed by atoms with E-state index in [1.165, 1.54) is 11.3 Å². The van der Waals surface area contributed by atoms with Gasteiger partial charge in [-0.15, -0.1) is 11.3 Å². The monoisotopic (exact) mass is 413 g/mol. The van der Waals surface area contributed by atoms with Crippen LogP contribution in [0.4, 0.5) is 17.1 Å². The van der Waals surface area contributed by atoms with Crippen molar-refractivity contribution in [2.75, 3.05) is 16.0 Å². The van der Waals surface area contributed by atoms with Crippen molar-refractivity contribution in [3.05, 3.63) is 75.4 Å². The molecule has 2 aromatic carbocycles. The molecule has 0 bridgehead atoms. The zero-order valence-electron chi connectivity index (χ0n) is 15.5. The smallest absolute Gasteiger partial charge is 0.265 e. The van der Waals surface area contributed by atoms with Crippen LogP contribution in [0.1, 0.15) is 22.2 Å². The van der Waals surface area contributed by atoms with E-state index in [4.69, 9.17) is 11.6 Å². The van der Waals surface area contributed by atoms with Gasteiger partial charge in [-0.3, -0.25) is 9.59 Å². The Morgan fingerprint density at radius 1 is 1.00 bits per heavy atom. The number of hydrogen-bond donors (Lipinski definition) is 3. The van der Waals surface area contributed by atoms with Crippen molar-refractivity contribution in [3.8, 4) is 0 Å². The van der Waals surface area contributed by atoms with Gasteiger partial charge in [0.1, 0.15) is 6.04 Å². The highest BCUT2D eigenvalue weighted by molar-refractivity contribution is 7.12. The van der Waals surface area contributed by atoms with Crippen LogP contribution in [0.3, 0.4) is 0 Å². The minimum atomic E-state index is -0.454. The minimum Gasteiger partial charge on any atom is -0.374 e. The highest BCUT2D eigenvalue weighted by Crippen LogP contribution is 2.21. The van der Waals surface area contributed by atoms with Gasteiger partial charge in [-0.25, -0.2) is 0 Å². The van der Waals surface area contributed by atoms with Gasteiger partial charge >= 0.3 is 0 Å². The van der Waals surface area contributed by atoms with Gasteiger partial charge in [0.2, 0.25) is 5.91 Å². The molecule has 0 radical (unpaired) electrons. The Morgan fingerprint density at radius 3 is 2.39 bits per heavy atom. The van der Waals surface area contributed by atoms with Crippen LogP contribution in [-0.2, 0) is 4.79 Å². The second kappa shape index (κ2) is 8.91. The minimum absolute atomic E-state index is 0.139. The van der Waals surface area contributed by atoms with Crippen LogP contribution < -0.4 is 16.0 Å². The molecule has 1 heterocycles. The Bertz CT molecular complexity index is 972. The average molecular weight is 414 g/mol. The van der Waals surface area contributed by atoms with Gasteiger partial charge in [0.25, 0.3) is 5.91 Å². The van der Waals surface area contributed by atoms with Gasteiger partial charge in [-0.05, 0) is 67.3 Å². The Kier molecular flexibility index (Phi) is 6.34. The molecule has 0 fully saturated rings. The molecule has 0 saturated carbocycles. The predicted octanol–water partition coefficient (Wildman–Crippen LogP) is 5.40. The lowest BCUT2D eigenvalue weighted by Crippen LogP contribution is -2.32. The molecule has 0 aliphatic rings. The molecule has 144 valence electrons. The van der Waals surface area contributed by atoms with Crippen LogP contribution >= 0.6 is 22.9 Å². The number of thiophene rings is 1. The number of benzene rings is 2. The lowest BCUT2D eigenvalue weighted by atomic mass is 10.2. The number of rotatable bonds is 6. The third-order valence-electron chi connectivity index (χ3n) is 4.12. The number of halogens is 1. The molecule has 3 aromatic rings. The van der Waals surface area contributed by atoms with Crippen molar-refractivity contribution >= 4 is 51.8 Å². The van der Waals surface area contributed by atoms with Crippen molar-refractivity contribution in [2.24, 2.45) is 0 Å². The molecule has 1 aromatic heterocycles. The van der Waals surface area contributed by atoms with Crippen molar-refractivity contribution in [1.29, 1.82) is 0 Å². The van der Waals surface area contributed by atoms with E-state index < -0.39 is 6.04 Å². The molecule has 0 aliphatic carbocycles. The first kappa shape index (κ1) is 19.9. The first-order valence-electron chi connectivity index (χ1n) is 8.71. The fourth-order valence-electron chi connectivity index (χ4n) is 2.54. The maximum absolute atomic E-state index is 12.5. The summed E-state index contributed by atoms with van der Waals surface area (Å²) in [6.45, 7) is 3.69. The van der Waals surface area contributed by atoms with Gasteiger partial charge in [0.15, 0.2) is 0 Å². The molecular formula is C21H20ClN3O2S. The van der Waals surface area contributed by atoms with Crippen molar-refractivity contribution in [2.45, 2.75) is 19.9 Å². The SMILES string of the molecule is Cc1ccc(Cl)cc1NC(=O)C(C)Nc1ccc(NC(=O)c2cccs2)cc1. The summed E-state index contributed by atoms with van der Waals surface area (Å²) in [7, 11) is 0. The molecule has 5 nitrogen and oxygen atoms in total.